The minimum absolute atomic E-state index is 0.511. The fourth-order valence-corrected chi connectivity index (χ4v) is 2.80. The minimum atomic E-state index is 0.511. The topological polar surface area (TPSA) is 38.2 Å². The van der Waals surface area contributed by atoms with Crippen LogP contribution in [0.25, 0.3) is 0 Å². The maximum absolute atomic E-state index is 6.14. The number of hydrogen-bond donors (Lipinski definition) is 0. The summed E-state index contributed by atoms with van der Waals surface area (Å²) >= 11 is 6.14. The molecule has 0 aliphatic carbocycles. The van der Waals surface area contributed by atoms with Crippen LogP contribution in [0.2, 0.25) is 5.15 Å². The SMILES string of the molecule is CCCc1nc(Cl)c(C)c(OCCC2CCCN2C)n1. The van der Waals surface area contributed by atoms with Gasteiger partial charge in [0.1, 0.15) is 11.0 Å². The van der Waals surface area contributed by atoms with E-state index in [0.717, 1.165) is 30.7 Å². The van der Waals surface area contributed by atoms with Crippen molar-refractivity contribution >= 4 is 11.6 Å². The lowest BCUT2D eigenvalue weighted by Crippen LogP contribution is -2.26. The second kappa shape index (κ2) is 7.23. The number of likely N-dealkylation sites (tertiary alicyclic amines) is 1. The molecule has 0 radical (unpaired) electrons. The van der Waals surface area contributed by atoms with Gasteiger partial charge in [-0.1, -0.05) is 18.5 Å². The molecular weight excluding hydrogens is 274 g/mol. The third-order valence-electron chi connectivity index (χ3n) is 3.92. The molecule has 1 aromatic heterocycles. The zero-order valence-corrected chi connectivity index (χ0v) is 13.4. The second-order valence-corrected chi connectivity index (χ2v) is 5.88. The second-order valence-electron chi connectivity index (χ2n) is 5.52. The Kier molecular flexibility index (Phi) is 5.61. The number of aromatic nitrogens is 2. The summed E-state index contributed by atoms with van der Waals surface area (Å²) in [6.07, 6.45) is 5.44. The number of nitrogens with zero attached hydrogens (tertiary/aromatic N) is 3. The first kappa shape index (κ1) is 15.5. The molecular formula is C15H24ClN3O. The van der Waals surface area contributed by atoms with Gasteiger partial charge in [0.25, 0.3) is 0 Å². The van der Waals surface area contributed by atoms with Crippen LogP contribution in [0.1, 0.15) is 44.0 Å². The highest BCUT2D eigenvalue weighted by atomic mass is 35.5. The number of ether oxygens (including phenoxy) is 1. The molecule has 2 rings (SSSR count). The fourth-order valence-electron chi connectivity index (χ4n) is 2.62. The van der Waals surface area contributed by atoms with Crippen LogP contribution in [0.4, 0.5) is 0 Å². The Bertz CT molecular complexity index is 453. The van der Waals surface area contributed by atoms with Crippen molar-refractivity contribution in [3.8, 4) is 5.88 Å². The number of rotatable bonds is 6. The molecule has 0 spiro atoms. The van der Waals surface area contributed by atoms with Crippen molar-refractivity contribution in [2.24, 2.45) is 0 Å². The summed E-state index contributed by atoms with van der Waals surface area (Å²) in [7, 11) is 2.18. The van der Waals surface area contributed by atoms with Crippen LogP contribution >= 0.6 is 11.6 Å². The Morgan fingerprint density at radius 1 is 1.40 bits per heavy atom. The Labute approximate surface area is 126 Å². The third kappa shape index (κ3) is 3.83. The van der Waals surface area contributed by atoms with Crippen LogP contribution in [-0.2, 0) is 6.42 Å². The van der Waals surface area contributed by atoms with E-state index >= 15 is 0 Å². The van der Waals surface area contributed by atoms with E-state index in [1.165, 1.54) is 19.4 Å². The van der Waals surface area contributed by atoms with Crippen LogP contribution in [0.5, 0.6) is 5.88 Å². The predicted octanol–water partition coefficient (Wildman–Crippen LogP) is 3.25. The van der Waals surface area contributed by atoms with Gasteiger partial charge >= 0.3 is 0 Å². The minimum Gasteiger partial charge on any atom is -0.477 e. The van der Waals surface area contributed by atoms with E-state index in [9.17, 15) is 0 Å². The van der Waals surface area contributed by atoms with Gasteiger partial charge in [0.15, 0.2) is 0 Å². The number of aryl methyl sites for hydroxylation is 1. The lowest BCUT2D eigenvalue weighted by atomic mass is 10.1. The van der Waals surface area contributed by atoms with Crippen LogP contribution in [0, 0.1) is 6.92 Å². The maximum atomic E-state index is 6.14. The first-order chi connectivity index (χ1) is 9.61. The number of hydrogen-bond acceptors (Lipinski definition) is 4. The fraction of sp³-hybridized carbons (Fsp3) is 0.733. The van der Waals surface area contributed by atoms with Gasteiger partial charge in [-0.2, -0.15) is 4.98 Å². The zero-order valence-electron chi connectivity index (χ0n) is 12.7. The van der Waals surface area contributed by atoms with Crippen molar-refractivity contribution in [1.82, 2.24) is 14.9 Å². The van der Waals surface area contributed by atoms with Crippen molar-refractivity contribution in [3.63, 3.8) is 0 Å². The largest absolute Gasteiger partial charge is 0.477 e. The Balaban J connectivity index is 1.94. The standard InChI is InChI=1S/C15H24ClN3O/c1-4-6-13-17-14(16)11(2)15(18-13)20-10-8-12-7-5-9-19(12)3/h12H,4-10H2,1-3H3. The van der Waals surface area contributed by atoms with Gasteiger partial charge < -0.3 is 9.64 Å². The molecule has 1 aliphatic rings. The molecule has 1 atom stereocenters. The smallest absolute Gasteiger partial charge is 0.221 e. The highest BCUT2D eigenvalue weighted by Crippen LogP contribution is 2.23. The van der Waals surface area contributed by atoms with Gasteiger partial charge in [-0.3, -0.25) is 0 Å². The van der Waals surface area contributed by atoms with Crippen molar-refractivity contribution in [1.29, 1.82) is 0 Å². The highest BCUT2D eigenvalue weighted by Gasteiger charge is 2.20. The molecule has 0 bridgehead atoms. The van der Waals surface area contributed by atoms with E-state index in [2.05, 4.69) is 28.8 Å². The van der Waals surface area contributed by atoms with E-state index in [0.29, 0.717) is 23.7 Å². The molecule has 1 aromatic rings. The number of halogens is 1. The Morgan fingerprint density at radius 3 is 2.85 bits per heavy atom. The third-order valence-corrected chi connectivity index (χ3v) is 4.29. The molecule has 5 heteroatoms. The van der Waals surface area contributed by atoms with Gasteiger partial charge in [0.2, 0.25) is 5.88 Å². The molecule has 1 saturated heterocycles. The molecule has 1 unspecified atom stereocenters. The summed E-state index contributed by atoms with van der Waals surface area (Å²) in [6, 6.07) is 0.641. The molecule has 112 valence electrons. The van der Waals surface area contributed by atoms with Gasteiger partial charge in [0.05, 0.1) is 6.61 Å². The summed E-state index contributed by atoms with van der Waals surface area (Å²) < 4.78 is 5.85. The molecule has 1 aliphatic heterocycles. The van der Waals surface area contributed by atoms with Crippen molar-refractivity contribution < 1.29 is 4.74 Å². The average molecular weight is 298 g/mol. The molecule has 0 N–H and O–H groups in total. The first-order valence-corrected chi connectivity index (χ1v) is 7.85. The first-order valence-electron chi connectivity index (χ1n) is 7.48. The van der Waals surface area contributed by atoms with Gasteiger partial charge in [-0.05, 0) is 46.2 Å². The van der Waals surface area contributed by atoms with Crippen LogP contribution in [0.3, 0.4) is 0 Å². The Hall–Kier alpha value is -0.870. The van der Waals surface area contributed by atoms with E-state index in [4.69, 9.17) is 16.3 Å². The molecule has 4 nitrogen and oxygen atoms in total. The normalized spacial score (nSPS) is 19.5. The van der Waals surface area contributed by atoms with E-state index in [-0.39, 0.29) is 0 Å². The van der Waals surface area contributed by atoms with Gasteiger partial charge in [-0.25, -0.2) is 4.98 Å². The molecule has 0 saturated carbocycles. The molecule has 2 heterocycles. The van der Waals surface area contributed by atoms with Crippen molar-refractivity contribution in [3.05, 3.63) is 16.5 Å². The zero-order chi connectivity index (χ0) is 14.5. The van der Waals surface area contributed by atoms with Crippen LogP contribution in [0.15, 0.2) is 0 Å². The summed E-state index contributed by atoms with van der Waals surface area (Å²) in [5.74, 6) is 1.42. The van der Waals surface area contributed by atoms with Gasteiger partial charge in [0, 0.05) is 18.0 Å². The highest BCUT2D eigenvalue weighted by molar-refractivity contribution is 6.30. The molecule has 0 aromatic carbocycles. The van der Waals surface area contributed by atoms with Gasteiger partial charge in [-0.15, -0.1) is 0 Å². The lowest BCUT2D eigenvalue weighted by Gasteiger charge is -2.19. The predicted molar refractivity (Wildman–Crippen MR) is 81.5 cm³/mol. The van der Waals surface area contributed by atoms with E-state index in [1.54, 1.807) is 0 Å². The summed E-state index contributed by atoms with van der Waals surface area (Å²) in [6.45, 7) is 5.90. The van der Waals surface area contributed by atoms with Crippen molar-refractivity contribution in [2.45, 2.75) is 52.0 Å². The Morgan fingerprint density at radius 2 is 2.20 bits per heavy atom. The molecule has 0 amide bonds. The van der Waals surface area contributed by atoms with Crippen LogP contribution < -0.4 is 4.74 Å². The van der Waals surface area contributed by atoms with E-state index < -0.39 is 0 Å². The monoisotopic (exact) mass is 297 g/mol. The maximum Gasteiger partial charge on any atom is 0.221 e. The summed E-state index contributed by atoms with van der Waals surface area (Å²) in [5, 5.41) is 0.511. The molecule has 20 heavy (non-hydrogen) atoms. The molecule has 1 fully saturated rings. The summed E-state index contributed by atoms with van der Waals surface area (Å²) in [5.41, 5.74) is 0.839. The van der Waals surface area contributed by atoms with Crippen molar-refractivity contribution in [2.75, 3.05) is 20.2 Å². The van der Waals surface area contributed by atoms with Crippen LogP contribution in [-0.4, -0.2) is 41.1 Å². The summed E-state index contributed by atoms with van der Waals surface area (Å²) in [4.78, 5) is 11.2. The quantitative estimate of drug-likeness (QED) is 0.756. The average Bonchev–Trinajstić information content (AvgIpc) is 2.81. The van der Waals surface area contributed by atoms with E-state index in [1.807, 2.05) is 6.92 Å². The lowest BCUT2D eigenvalue weighted by molar-refractivity contribution is 0.227.